The lowest BCUT2D eigenvalue weighted by molar-refractivity contribution is -0.304. The minimum absolute atomic E-state index is 0.0474. The minimum atomic E-state index is -1.50. The van der Waals surface area contributed by atoms with Crippen LogP contribution in [-0.4, -0.2) is 75.4 Å². The Bertz CT molecular complexity index is 854. The molecule has 0 amide bonds. The van der Waals surface area contributed by atoms with Crippen LogP contribution in [-0.2, 0) is 20.9 Å². The van der Waals surface area contributed by atoms with Crippen LogP contribution in [0.1, 0.15) is 5.56 Å². The van der Waals surface area contributed by atoms with Crippen LogP contribution in [0.15, 0.2) is 48.5 Å². The second-order valence-corrected chi connectivity index (χ2v) is 6.92. The normalized spacial score (nSPS) is 26.3. The molecule has 1 heterocycles. The van der Waals surface area contributed by atoms with Gasteiger partial charge in [-0.1, -0.05) is 30.3 Å². The molecule has 0 bridgehead atoms. The zero-order valence-corrected chi connectivity index (χ0v) is 16.0. The van der Waals surface area contributed by atoms with Crippen LogP contribution in [0.2, 0.25) is 0 Å². The zero-order chi connectivity index (χ0) is 21.7. The van der Waals surface area contributed by atoms with E-state index in [9.17, 15) is 25.2 Å². The maximum absolute atomic E-state index is 10.7. The highest BCUT2D eigenvalue weighted by molar-refractivity contribution is 5.69. The summed E-state index contributed by atoms with van der Waals surface area (Å²) in [7, 11) is 0. The number of carboxylic acids is 1. The average Bonchev–Trinajstić information content (AvgIpc) is 2.76. The molecule has 1 saturated heterocycles. The van der Waals surface area contributed by atoms with E-state index >= 15 is 0 Å². The summed E-state index contributed by atoms with van der Waals surface area (Å²) in [6, 6.07) is 14.3. The number of aliphatic hydroxyl groups is 4. The predicted octanol–water partition coefficient (Wildman–Crippen LogP) is 0.133. The highest BCUT2D eigenvalue weighted by Crippen LogP contribution is 2.26. The molecule has 1 aliphatic rings. The Morgan fingerprint density at radius 3 is 2.37 bits per heavy atom. The Morgan fingerprint density at radius 1 is 0.967 bits per heavy atom. The summed E-state index contributed by atoms with van der Waals surface area (Å²) in [5.41, 5.74) is 2.40. The van der Waals surface area contributed by atoms with E-state index in [1.807, 2.05) is 24.3 Å². The Hall–Kier alpha value is -2.53. The lowest BCUT2D eigenvalue weighted by Crippen LogP contribution is -2.59. The summed E-state index contributed by atoms with van der Waals surface area (Å²) >= 11 is 0. The summed E-state index contributed by atoms with van der Waals surface area (Å²) in [6.45, 7) is -0.914. The third kappa shape index (κ3) is 5.33. The monoisotopic (exact) mass is 420 g/mol. The fourth-order valence-corrected chi connectivity index (χ4v) is 3.13. The van der Waals surface area contributed by atoms with Crippen molar-refractivity contribution >= 4 is 5.97 Å². The van der Waals surface area contributed by atoms with E-state index in [0.717, 1.165) is 16.7 Å². The quantitative estimate of drug-likeness (QED) is 0.402. The van der Waals surface area contributed by atoms with Crippen LogP contribution >= 0.6 is 0 Å². The van der Waals surface area contributed by atoms with Gasteiger partial charge in [0.15, 0.2) is 12.9 Å². The molecule has 9 nitrogen and oxygen atoms in total. The van der Waals surface area contributed by atoms with Gasteiger partial charge in [-0.3, -0.25) is 0 Å². The first kappa shape index (κ1) is 22.2. The number of hydrogen-bond acceptors (Lipinski definition) is 8. The molecule has 162 valence electrons. The fourth-order valence-electron chi connectivity index (χ4n) is 3.13. The van der Waals surface area contributed by atoms with Gasteiger partial charge in [-0.15, -0.1) is 0 Å². The van der Waals surface area contributed by atoms with Crippen molar-refractivity contribution in [2.24, 2.45) is 0 Å². The van der Waals surface area contributed by atoms with Gasteiger partial charge >= 0.3 is 5.97 Å². The second-order valence-electron chi connectivity index (χ2n) is 6.92. The fraction of sp³-hybridized carbons (Fsp3) is 0.381. The molecule has 9 heteroatoms. The van der Waals surface area contributed by atoms with Crippen LogP contribution in [0.25, 0.3) is 11.1 Å². The van der Waals surface area contributed by atoms with Crippen LogP contribution in [0, 0.1) is 0 Å². The predicted molar refractivity (Wildman–Crippen MR) is 104 cm³/mol. The van der Waals surface area contributed by atoms with Gasteiger partial charge in [0.25, 0.3) is 0 Å². The second kappa shape index (κ2) is 9.98. The van der Waals surface area contributed by atoms with Gasteiger partial charge in [-0.2, -0.15) is 0 Å². The first-order valence-corrected chi connectivity index (χ1v) is 9.35. The molecule has 0 aromatic heterocycles. The number of rotatable bonds is 8. The summed E-state index contributed by atoms with van der Waals surface area (Å²) in [5, 5.41) is 47.7. The van der Waals surface area contributed by atoms with Crippen molar-refractivity contribution in [3.8, 4) is 16.9 Å². The number of benzene rings is 2. The van der Waals surface area contributed by atoms with Crippen molar-refractivity contribution in [2.45, 2.75) is 37.3 Å². The first-order chi connectivity index (χ1) is 14.4. The van der Waals surface area contributed by atoms with E-state index < -0.39 is 49.9 Å². The molecule has 30 heavy (non-hydrogen) atoms. The topological polar surface area (TPSA) is 146 Å². The molecule has 3 rings (SSSR count). The van der Waals surface area contributed by atoms with Gasteiger partial charge < -0.3 is 39.7 Å². The Kier molecular flexibility index (Phi) is 7.38. The molecular weight excluding hydrogens is 396 g/mol. The summed E-state index contributed by atoms with van der Waals surface area (Å²) in [6.07, 6.45) is -6.65. The lowest BCUT2D eigenvalue weighted by atomic mass is 9.99. The smallest absolute Gasteiger partial charge is 0.341 e. The van der Waals surface area contributed by atoms with E-state index in [1.54, 1.807) is 24.3 Å². The molecule has 2 aromatic rings. The number of hydrogen-bond donors (Lipinski definition) is 5. The maximum Gasteiger partial charge on any atom is 0.341 e. The Balaban J connectivity index is 1.67. The van der Waals surface area contributed by atoms with Crippen molar-refractivity contribution in [2.75, 3.05) is 13.2 Å². The number of aliphatic carboxylic acids is 1. The van der Waals surface area contributed by atoms with Crippen molar-refractivity contribution in [3.63, 3.8) is 0 Å². The van der Waals surface area contributed by atoms with Crippen molar-refractivity contribution in [1.82, 2.24) is 0 Å². The summed E-state index contributed by atoms with van der Waals surface area (Å²) in [4.78, 5) is 10.7. The third-order valence-corrected chi connectivity index (χ3v) is 4.72. The van der Waals surface area contributed by atoms with E-state index in [0.29, 0.717) is 5.75 Å². The molecule has 5 N–H and O–H groups in total. The summed E-state index contributed by atoms with van der Waals surface area (Å²) in [5.74, 6) is -0.634. The third-order valence-electron chi connectivity index (χ3n) is 4.72. The molecule has 5 atom stereocenters. The molecule has 0 spiro atoms. The van der Waals surface area contributed by atoms with Crippen LogP contribution in [0.4, 0.5) is 0 Å². The van der Waals surface area contributed by atoms with Crippen LogP contribution in [0.5, 0.6) is 5.75 Å². The Morgan fingerprint density at radius 2 is 1.67 bits per heavy atom. The van der Waals surface area contributed by atoms with Gasteiger partial charge in [-0.25, -0.2) is 4.79 Å². The van der Waals surface area contributed by atoms with Crippen LogP contribution < -0.4 is 4.74 Å². The number of aliphatic hydroxyl groups excluding tert-OH is 4. The van der Waals surface area contributed by atoms with E-state index in [4.69, 9.17) is 19.3 Å². The maximum atomic E-state index is 10.7. The van der Waals surface area contributed by atoms with Crippen molar-refractivity contribution < 1.29 is 44.5 Å². The molecule has 0 saturated carbocycles. The molecule has 0 unspecified atom stereocenters. The largest absolute Gasteiger partial charge is 0.482 e. The van der Waals surface area contributed by atoms with Crippen molar-refractivity contribution in [3.05, 3.63) is 54.1 Å². The van der Waals surface area contributed by atoms with Gasteiger partial charge in [-0.05, 0) is 34.9 Å². The minimum Gasteiger partial charge on any atom is -0.482 e. The average molecular weight is 420 g/mol. The zero-order valence-electron chi connectivity index (χ0n) is 16.0. The molecule has 1 aliphatic heterocycles. The number of carbonyl (C=O) groups is 1. The SMILES string of the molecule is O=C(O)COc1cccc(-c2cccc(CO[C@H]3O[C@H](CO)[C@@H](O)[C@@H](O)[C@@H]3O)c2)c1. The van der Waals surface area contributed by atoms with Crippen molar-refractivity contribution in [1.29, 1.82) is 0 Å². The first-order valence-electron chi connectivity index (χ1n) is 9.35. The Labute approximate surface area is 172 Å². The van der Waals surface area contributed by atoms with E-state index in [-0.39, 0.29) is 6.61 Å². The number of carboxylic acid groups (broad SMARTS) is 1. The van der Waals surface area contributed by atoms with Gasteiger partial charge in [0.2, 0.25) is 0 Å². The molecule has 0 radical (unpaired) electrons. The van der Waals surface area contributed by atoms with Crippen LogP contribution in [0.3, 0.4) is 0 Å². The molecule has 1 fully saturated rings. The number of ether oxygens (including phenoxy) is 3. The van der Waals surface area contributed by atoms with Gasteiger partial charge in [0.05, 0.1) is 13.2 Å². The van der Waals surface area contributed by atoms with Gasteiger partial charge in [0, 0.05) is 0 Å². The highest BCUT2D eigenvalue weighted by Gasteiger charge is 2.43. The molecular formula is C21H24O9. The highest BCUT2D eigenvalue weighted by atomic mass is 16.7. The van der Waals surface area contributed by atoms with Gasteiger partial charge in [0.1, 0.15) is 30.2 Å². The molecule has 2 aromatic carbocycles. The summed E-state index contributed by atoms with van der Waals surface area (Å²) < 4.78 is 16.1. The lowest BCUT2D eigenvalue weighted by Gasteiger charge is -2.39. The standard InChI is InChI=1S/C21H24O9/c22-9-16-18(25)19(26)20(27)21(30-16)29-10-12-3-1-4-13(7-12)14-5-2-6-15(8-14)28-11-17(23)24/h1-8,16,18-22,25-27H,9-11H2,(H,23,24)/t16-,18-,19-,20+,21+/m1/s1. The van der Waals surface area contributed by atoms with E-state index in [1.165, 1.54) is 0 Å². The van der Waals surface area contributed by atoms with E-state index in [2.05, 4.69) is 0 Å². The molecule has 0 aliphatic carbocycles.